The average Bonchev–Trinajstić information content (AvgIpc) is 3.17. The van der Waals surface area contributed by atoms with Crippen molar-refractivity contribution in [2.75, 3.05) is 13.2 Å². The van der Waals surface area contributed by atoms with Crippen LogP contribution in [0.4, 0.5) is 31.1 Å². The van der Waals surface area contributed by atoms with Crippen LogP contribution >= 0.6 is 0 Å². The molecule has 3 rings (SSSR count). The van der Waals surface area contributed by atoms with E-state index < -0.39 is 47.3 Å². The summed E-state index contributed by atoms with van der Waals surface area (Å²) in [5.41, 5.74) is -4.06. The van der Waals surface area contributed by atoms with Gasteiger partial charge in [-0.3, -0.25) is 4.90 Å². The number of benzene rings is 2. The fourth-order valence-electron chi connectivity index (χ4n) is 4.18. The maximum absolute atomic E-state index is 13.2. The Kier molecular flexibility index (Phi) is 7.45. The van der Waals surface area contributed by atoms with E-state index in [0.717, 1.165) is 5.56 Å². The molecule has 1 heterocycles. The maximum Gasteiger partial charge on any atom is 0.416 e. The maximum atomic E-state index is 13.2. The number of nitrogens with zero attached hydrogens (tertiary/aromatic N) is 1. The number of carbonyl (C=O) groups is 1. The number of halogens is 6. The van der Waals surface area contributed by atoms with E-state index in [0.29, 0.717) is 31.5 Å². The van der Waals surface area contributed by atoms with Crippen LogP contribution in [0.25, 0.3) is 0 Å². The molecule has 4 nitrogen and oxygen atoms in total. The lowest BCUT2D eigenvalue weighted by molar-refractivity contribution is -0.143. The van der Waals surface area contributed by atoms with E-state index in [2.05, 4.69) is 0 Å². The van der Waals surface area contributed by atoms with E-state index in [4.69, 9.17) is 9.47 Å². The average molecular weight is 503 g/mol. The third kappa shape index (κ3) is 6.48. The number of amides is 1. The smallest absolute Gasteiger partial charge is 0.416 e. The fraction of sp³-hybridized carbons (Fsp3) is 0.480. The lowest BCUT2D eigenvalue weighted by atomic mass is 9.88. The first-order chi connectivity index (χ1) is 16.1. The molecule has 0 bridgehead atoms. The fourth-order valence-corrected chi connectivity index (χ4v) is 4.18. The standard InChI is InChI=1S/C25H27F6NO3/c1-22(2,3)35-21(33)32-11-7-10-23(32,18-8-5-4-6-9-18)16-34-15-17-12-19(24(26,27)28)14-20(13-17)25(29,30)31/h4-6,8-9,12-14H,7,10-11,15-16H2,1-3H3. The molecular weight excluding hydrogens is 476 g/mol. The SMILES string of the molecule is CC(C)(C)OC(=O)N1CCCC1(COCc1cc(C(F)(F)F)cc(C(F)(F)F)c1)c1ccccc1. The zero-order chi connectivity index (χ0) is 26.1. The monoisotopic (exact) mass is 503 g/mol. The predicted octanol–water partition coefficient (Wildman–Crippen LogP) is 7.17. The summed E-state index contributed by atoms with van der Waals surface area (Å²) in [4.78, 5) is 14.5. The molecule has 0 spiro atoms. The van der Waals surface area contributed by atoms with Crippen LogP contribution in [0, 0.1) is 0 Å². The number of hydrogen-bond acceptors (Lipinski definition) is 3. The highest BCUT2D eigenvalue weighted by molar-refractivity contribution is 5.70. The molecule has 1 amide bonds. The van der Waals surface area contributed by atoms with E-state index in [1.54, 1.807) is 51.1 Å². The van der Waals surface area contributed by atoms with Crippen molar-refractivity contribution in [3.63, 3.8) is 0 Å². The summed E-state index contributed by atoms with van der Waals surface area (Å²) in [6, 6.07) is 10.3. The molecule has 35 heavy (non-hydrogen) atoms. The predicted molar refractivity (Wildman–Crippen MR) is 116 cm³/mol. The third-order valence-electron chi connectivity index (χ3n) is 5.67. The normalized spacial score (nSPS) is 19.2. The van der Waals surface area contributed by atoms with E-state index >= 15 is 0 Å². The molecule has 0 radical (unpaired) electrons. The number of hydrogen-bond donors (Lipinski definition) is 0. The van der Waals surface area contributed by atoms with Crippen LogP contribution in [0.2, 0.25) is 0 Å². The van der Waals surface area contributed by atoms with Gasteiger partial charge in [-0.2, -0.15) is 26.3 Å². The Morgan fingerprint density at radius 3 is 2.03 bits per heavy atom. The minimum atomic E-state index is -4.94. The van der Waals surface area contributed by atoms with Crippen molar-refractivity contribution in [3.8, 4) is 0 Å². The van der Waals surface area contributed by atoms with Crippen molar-refractivity contribution < 1.29 is 40.6 Å². The Morgan fingerprint density at radius 1 is 0.943 bits per heavy atom. The van der Waals surface area contributed by atoms with Crippen molar-refractivity contribution >= 4 is 6.09 Å². The summed E-state index contributed by atoms with van der Waals surface area (Å²) in [6.07, 6.45) is -9.34. The van der Waals surface area contributed by atoms with Gasteiger partial charge in [0.2, 0.25) is 0 Å². The number of carbonyl (C=O) groups excluding carboxylic acids is 1. The first kappa shape index (κ1) is 26.8. The van der Waals surface area contributed by atoms with Gasteiger partial charge in [0.05, 0.1) is 29.9 Å². The number of rotatable bonds is 5. The first-order valence-electron chi connectivity index (χ1n) is 11.0. The quantitative estimate of drug-likeness (QED) is 0.406. The van der Waals surface area contributed by atoms with Gasteiger partial charge in [-0.1, -0.05) is 30.3 Å². The van der Waals surface area contributed by atoms with Crippen LogP contribution in [0.3, 0.4) is 0 Å². The van der Waals surface area contributed by atoms with Gasteiger partial charge in [-0.15, -0.1) is 0 Å². The molecular formula is C25H27F6NO3. The number of likely N-dealkylation sites (tertiary alicyclic amines) is 1. The molecule has 1 aliphatic rings. The molecule has 1 saturated heterocycles. The molecule has 1 aliphatic heterocycles. The van der Waals surface area contributed by atoms with Gasteiger partial charge < -0.3 is 9.47 Å². The Morgan fingerprint density at radius 2 is 1.51 bits per heavy atom. The topological polar surface area (TPSA) is 38.8 Å². The van der Waals surface area contributed by atoms with E-state index in [1.807, 2.05) is 0 Å². The summed E-state index contributed by atoms with van der Waals surface area (Å²) in [6.45, 7) is 4.93. The van der Waals surface area contributed by atoms with E-state index in [-0.39, 0.29) is 18.2 Å². The Bertz CT molecular complexity index is 998. The molecule has 10 heteroatoms. The zero-order valence-electron chi connectivity index (χ0n) is 19.6. The molecule has 0 N–H and O–H groups in total. The summed E-state index contributed by atoms with van der Waals surface area (Å²) in [5, 5.41) is 0. The van der Waals surface area contributed by atoms with Crippen LogP contribution in [-0.4, -0.2) is 29.7 Å². The summed E-state index contributed by atoms with van der Waals surface area (Å²) < 4.78 is 90.4. The van der Waals surface area contributed by atoms with Gasteiger partial charge >= 0.3 is 18.4 Å². The molecule has 0 saturated carbocycles. The van der Waals surface area contributed by atoms with Crippen molar-refractivity contribution in [2.24, 2.45) is 0 Å². The molecule has 1 unspecified atom stereocenters. The van der Waals surface area contributed by atoms with Crippen LogP contribution in [-0.2, 0) is 34.0 Å². The van der Waals surface area contributed by atoms with E-state index in [9.17, 15) is 31.1 Å². The summed E-state index contributed by atoms with van der Waals surface area (Å²) in [5.74, 6) is 0. The third-order valence-corrected chi connectivity index (χ3v) is 5.67. The Hall–Kier alpha value is -2.75. The van der Waals surface area contributed by atoms with Crippen molar-refractivity contribution in [1.82, 2.24) is 4.90 Å². The zero-order valence-corrected chi connectivity index (χ0v) is 19.6. The van der Waals surface area contributed by atoms with E-state index in [1.165, 1.54) is 4.90 Å². The lowest BCUT2D eigenvalue weighted by Crippen LogP contribution is -2.49. The summed E-state index contributed by atoms with van der Waals surface area (Å²) >= 11 is 0. The second-order valence-corrected chi connectivity index (χ2v) is 9.54. The van der Waals surface area contributed by atoms with Crippen LogP contribution in [0.5, 0.6) is 0 Å². The largest absolute Gasteiger partial charge is 0.444 e. The lowest BCUT2D eigenvalue weighted by Gasteiger charge is -2.39. The van der Waals surface area contributed by atoms with Gasteiger partial charge in [0, 0.05) is 6.54 Å². The number of ether oxygens (including phenoxy) is 2. The molecule has 0 aromatic heterocycles. The van der Waals surface area contributed by atoms with Gasteiger partial charge in [-0.25, -0.2) is 4.79 Å². The highest BCUT2D eigenvalue weighted by Gasteiger charge is 2.47. The van der Waals surface area contributed by atoms with Crippen LogP contribution < -0.4 is 0 Å². The minimum Gasteiger partial charge on any atom is -0.444 e. The minimum absolute atomic E-state index is 0.0795. The second-order valence-electron chi connectivity index (χ2n) is 9.54. The highest BCUT2D eigenvalue weighted by Crippen LogP contribution is 2.41. The molecule has 2 aromatic rings. The highest BCUT2D eigenvalue weighted by atomic mass is 19.4. The molecule has 192 valence electrons. The van der Waals surface area contributed by atoms with Gasteiger partial charge in [-0.05, 0) is 62.9 Å². The molecule has 0 aliphatic carbocycles. The van der Waals surface area contributed by atoms with Gasteiger partial charge in [0.1, 0.15) is 5.60 Å². The van der Waals surface area contributed by atoms with Crippen LogP contribution in [0.15, 0.2) is 48.5 Å². The second kappa shape index (κ2) is 9.72. The molecule has 1 atom stereocenters. The Balaban J connectivity index is 1.89. The first-order valence-corrected chi connectivity index (χ1v) is 11.0. The van der Waals surface area contributed by atoms with Gasteiger partial charge in [0.15, 0.2) is 0 Å². The van der Waals surface area contributed by atoms with Crippen molar-refractivity contribution in [1.29, 1.82) is 0 Å². The number of alkyl halides is 6. The van der Waals surface area contributed by atoms with Crippen molar-refractivity contribution in [2.45, 2.75) is 63.7 Å². The molecule has 1 fully saturated rings. The summed E-state index contributed by atoms with van der Waals surface area (Å²) in [7, 11) is 0. The Labute approximate surface area is 199 Å². The molecule has 2 aromatic carbocycles. The van der Waals surface area contributed by atoms with Crippen molar-refractivity contribution in [3.05, 3.63) is 70.8 Å². The van der Waals surface area contributed by atoms with Gasteiger partial charge in [0.25, 0.3) is 0 Å². The van der Waals surface area contributed by atoms with Crippen LogP contribution in [0.1, 0.15) is 55.9 Å².